The molecule has 0 saturated heterocycles. The molecular formula is C105H115P15. The first-order chi connectivity index (χ1) is 58.1. The van der Waals surface area contributed by atoms with Gasteiger partial charge in [0.05, 0.1) is 0 Å². The van der Waals surface area contributed by atoms with Crippen molar-refractivity contribution in [3.8, 4) is 111 Å². The van der Waals surface area contributed by atoms with Crippen LogP contribution in [0, 0.1) is 34.6 Å². The van der Waals surface area contributed by atoms with Gasteiger partial charge in [-0.25, -0.2) is 0 Å². The van der Waals surface area contributed by atoms with Crippen molar-refractivity contribution < 1.29 is 0 Å². The maximum atomic E-state index is 2.86. The number of hydrogen-bond acceptors (Lipinski definition) is 0. The number of hydrogen-bond donors (Lipinski definition) is 0. The first-order valence-electron chi connectivity index (χ1n) is 40.5. The molecule has 15 aromatic carbocycles. The lowest BCUT2D eigenvalue weighted by molar-refractivity contribution is 1.28. The van der Waals surface area contributed by atoms with Crippen LogP contribution in [0.25, 0.3) is 111 Å². The third-order valence-electron chi connectivity index (χ3n) is 21.9. The van der Waals surface area contributed by atoms with Crippen LogP contribution in [-0.2, 0) is 61.6 Å². The molecule has 0 N–H and O–H groups in total. The molecule has 120 heavy (non-hydrogen) atoms. The van der Waals surface area contributed by atoms with Crippen molar-refractivity contribution in [2.45, 2.75) is 96.2 Å². The zero-order valence-electron chi connectivity index (χ0n) is 69.6. The molecule has 15 unspecified atom stereocenters. The second kappa shape index (κ2) is 47.4. The van der Waals surface area contributed by atoms with E-state index in [1.807, 2.05) is 0 Å². The van der Waals surface area contributed by atoms with Crippen molar-refractivity contribution in [2.24, 2.45) is 0 Å². The molecule has 15 heteroatoms. The van der Waals surface area contributed by atoms with Gasteiger partial charge in [-0.1, -0.05) is 273 Å². The average molecular weight is 1840 g/mol. The Balaban J connectivity index is 0.000000147. The molecule has 0 aliphatic heterocycles. The van der Waals surface area contributed by atoms with Gasteiger partial charge in [-0.15, -0.1) is 139 Å². The Morgan fingerprint density at radius 3 is 0.725 bits per heavy atom. The van der Waals surface area contributed by atoms with Crippen LogP contribution in [-0.4, -0.2) is 0 Å². The molecular weight excluding hydrogens is 1730 g/mol. The van der Waals surface area contributed by atoms with Gasteiger partial charge >= 0.3 is 0 Å². The highest BCUT2D eigenvalue weighted by molar-refractivity contribution is 7.28. The van der Waals surface area contributed by atoms with Gasteiger partial charge in [0.2, 0.25) is 0 Å². The summed E-state index contributed by atoms with van der Waals surface area (Å²) in [6, 6.07) is 111. The molecule has 15 rings (SSSR count). The zero-order chi connectivity index (χ0) is 85.5. The lowest BCUT2D eigenvalue weighted by Gasteiger charge is -2.14. The predicted octanol–water partition coefficient (Wildman–Crippen LogP) is 27.9. The summed E-state index contributed by atoms with van der Waals surface area (Å²) in [5.41, 5.74) is 46.2. The van der Waals surface area contributed by atoms with E-state index in [0.717, 1.165) is 61.6 Å². The quantitative estimate of drug-likeness (QED) is 0.0667. The highest BCUT2D eigenvalue weighted by Crippen LogP contribution is 2.38. The van der Waals surface area contributed by atoms with Crippen LogP contribution in [0.1, 0.15) is 83.5 Å². The summed E-state index contributed by atoms with van der Waals surface area (Å²) in [7, 11) is 42.1. The van der Waals surface area contributed by atoms with Crippen molar-refractivity contribution >= 4 is 165 Å². The molecule has 0 radical (unpaired) electrons. The molecule has 15 aromatic rings. The highest BCUT2D eigenvalue weighted by atomic mass is 31.0. The molecule has 0 spiro atoms. The van der Waals surface area contributed by atoms with Gasteiger partial charge in [0.1, 0.15) is 0 Å². The number of benzene rings is 15. The summed E-state index contributed by atoms with van der Waals surface area (Å²) in [6.07, 6.45) is 9.98. The van der Waals surface area contributed by atoms with Crippen molar-refractivity contribution in [3.05, 3.63) is 387 Å². The van der Waals surface area contributed by atoms with Crippen molar-refractivity contribution in [2.75, 3.05) is 0 Å². The summed E-state index contributed by atoms with van der Waals surface area (Å²) in [4.78, 5) is 0. The Morgan fingerprint density at radius 2 is 0.375 bits per heavy atom. The van der Waals surface area contributed by atoms with E-state index in [1.165, 1.54) is 221 Å². The molecule has 0 bridgehead atoms. The normalized spacial score (nSPS) is 10.8. The molecule has 610 valence electrons. The summed E-state index contributed by atoms with van der Waals surface area (Å²) in [5, 5.41) is 6.08. The summed E-state index contributed by atoms with van der Waals surface area (Å²) < 4.78 is 0. The van der Waals surface area contributed by atoms with E-state index < -0.39 is 0 Å². The number of rotatable bonds is 20. The van der Waals surface area contributed by atoms with Gasteiger partial charge in [-0.2, -0.15) is 0 Å². The fraction of sp³-hybridized carbons (Fsp3) is 0.143. The van der Waals surface area contributed by atoms with Gasteiger partial charge in [-0.05, 0) is 348 Å². The van der Waals surface area contributed by atoms with Crippen LogP contribution in [0.4, 0.5) is 0 Å². The minimum absolute atomic E-state index is 0.991. The maximum absolute atomic E-state index is 2.86. The minimum atomic E-state index is 0.991. The molecule has 0 fully saturated rings. The monoisotopic (exact) mass is 1840 g/mol. The van der Waals surface area contributed by atoms with E-state index >= 15 is 0 Å². The van der Waals surface area contributed by atoms with E-state index in [4.69, 9.17) is 0 Å². The van der Waals surface area contributed by atoms with Crippen molar-refractivity contribution in [1.29, 1.82) is 0 Å². The average Bonchev–Trinajstić information content (AvgIpc) is 0.782. The van der Waals surface area contributed by atoms with E-state index in [2.05, 4.69) is 477 Å². The third kappa shape index (κ3) is 26.0. The van der Waals surface area contributed by atoms with Crippen LogP contribution in [0.5, 0.6) is 0 Å². The smallest absolute Gasteiger partial charge is 0.0125 e. The van der Waals surface area contributed by atoms with Crippen LogP contribution in [0.15, 0.2) is 303 Å². The Labute approximate surface area is 753 Å². The van der Waals surface area contributed by atoms with Crippen molar-refractivity contribution in [3.63, 3.8) is 0 Å². The summed E-state index contributed by atoms with van der Waals surface area (Å²) in [5.74, 6) is 0. The fourth-order valence-corrected chi connectivity index (χ4v) is 20.0. The van der Waals surface area contributed by atoms with Gasteiger partial charge < -0.3 is 0 Å². The molecule has 0 aromatic heterocycles. The van der Waals surface area contributed by atoms with Crippen molar-refractivity contribution in [1.82, 2.24) is 0 Å². The molecule has 0 aliphatic rings. The predicted molar refractivity (Wildman–Crippen MR) is 591 cm³/mol. The van der Waals surface area contributed by atoms with Gasteiger partial charge in [0.25, 0.3) is 0 Å². The lowest BCUT2D eigenvalue weighted by atomic mass is 9.92. The molecule has 0 heterocycles. The molecule has 0 nitrogen and oxygen atoms in total. The van der Waals surface area contributed by atoms with Gasteiger partial charge in [-0.3, -0.25) is 0 Å². The zero-order valence-corrected chi connectivity index (χ0v) is 86.9. The topological polar surface area (TPSA) is 0 Å². The molecule has 15 atom stereocenters. The second-order valence-corrected chi connectivity index (χ2v) is 37.8. The lowest BCUT2D eigenvalue weighted by Crippen LogP contribution is -1.94. The Bertz CT molecular complexity index is 5830. The Hall–Kier alpha value is -5.25. The maximum Gasteiger partial charge on any atom is -0.0125 e. The third-order valence-corrected chi connectivity index (χ3v) is 28.2. The SMILES string of the molecule is Cc1cc(-c2ccc(P)cc2)cc(-c2ccc(CP)c(CP)c2)c1.Cc1cc(-c2ccc(P)cc2)cc(-c2ccc(CP)c(CP)c2)c1.Cc1cc(P)ccc1-c1ccc(C)c(-c2ccc(CP)c(CP)c2)c1.Cc1ccc(-c2ccc(CP)c(CP)c2)cc1-c1ccc(P)cc1.PCc1ccc(-c2cccc(-c3ccc(P)cc3)c2)cc1CP. The van der Waals surface area contributed by atoms with E-state index in [0.29, 0.717) is 0 Å². The minimum Gasteiger partial charge on any atom is -0.133 e. The fourth-order valence-electron chi connectivity index (χ4n) is 15.0. The summed E-state index contributed by atoms with van der Waals surface area (Å²) in [6.45, 7) is 10.9. The standard InChI is InChI=1S/C22H25P3.3C21H23P3.C20H21P3/c1-14-3-4-17(21-8-7-20(25)9-15(21)2)11-22(14)16-5-6-18(12-23)19(10-16)13-24;2*1-14-8-18(15-4-6-21(24)7-5-15)11-19(9-14)16-2-3-17(12-22)20(10-16)13-23;1-14-2-3-17(11-21(14)15-6-8-20(24)9-7-15)16-4-5-18(12-22)19(10-16)13-23;21-12-18-5-4-17(11-19(18)13-22)16-3-1-2-15(10-16)14-6-8-20(23)9-7-14/h3-11H,12-13,23-25H2,1-2H3;3*2-11H,12-13,22-24H2,1H3;1-11H,12-13,21-23H2. The first kappa shape index (κ1) is 95.4. The molecule has 0 saturated carbocycles. The van der Waals surface area contributed by atoms with Crippen LogP contribution >= 0.6 is 139 Å². The largest absolute Gasteiger partial charge is 0.133 e. The highest BCUT2D eigenvalue weighted by Gasteiger charge is 2.15. The van der Waals surface area contributed by atoms with Gasteiger partial charge in [0.15, 0.2) is 0 Å². The van der Waals surface area contributed by atoms with Crippen LogP contribution in [0.3, 0.4) is 0 Å². The van der Waals surface area contributed by atoms with E-state index in [9.17, 15) is 0 Å². The van der Waals surface area contributed by atoms with E-state index in [1.54, 1.807) is 0 Å². The Kier molecular flexibility index (Phi) is 37.6. The van der Waals surface area contributed by atoms with Gasteiger partial charge in [0, 0.05) is 0 Å². The van der Waals surface area contributed by atoms with Crippen LogP contribution in [0.2, 0.25) is 0 Å². The first-order valence-corrected chi connectivity index (χ1v) is 51.6. The molecule has 0 amide bonds. The van der Waals surface area contributed by atoms with E-state index in [-0.39, 0.29) is 0 Å². The second-order valence-electron chi connectivity index (χ2n) is 30.3. The van der Waals surface area contributed by atoms with Crippen LogP contribution < -0.4 is 26.5 Å². The number of aryl methyl sites for hydroxylation is 5. The summed E-state index contributed by atoms with van der Waals surface area (Å²) >= 11 is 0. The Morgan fingerprint density at radius 1 is 0.150 bits per heavy atom. The molecule has 0 aliphatic carbocycles.